The Kier molecular flexibility index (Phi) is 3.06. The molecule has 1 aliphatic rings. The number of halogens is 1. The second-order valence-electron chi connectivity index (χ2n) is 3.70. The summed E-state index contributed by atoms with van der Waals surface area (Å²) in [6.45, 7) is 1.40. The molecule has 0 radical (unpaired) electrons. The van der Waals surface area contributed by atoms with Crippen molar-refractivity contribution < 1.29 is 10.0 Å². The Balaban J connectivity index is 2.29. The number of nitrogens with zero attached hydrogens (tertiary/aromatic N) is 3. The van der Waals surface area contributed by atoms with Gasteiger partial charge in [0.15, 0.2) is 0 Å². The summed E-state index contributed by atoms with van der Waals surface area (Å²) in [5.74, 6) is 0.208. The third-order valence-corrected chi connectivity index (χ3v) is 3.16. The molecule has 1 aromatic rings. The van der Waals surface area contributed by atoms with Crippen LogP contribution in [0.4, 0.5) is 11.4 Å². The first-order chi connectivity index (χ1) is 7.63. The Morgan fingerprint density at radius 2 is 2.31 bits per heavy atom. The zero-order chi connectivity index (χ0) is 11.7. The van der Waals surface area contributed by atoms with Crippen LogP contribution < -0.4 is 4.90 Å². The molecule has 2 heterocycles. The molecule has 0 unspecified atom stereocenters. The van der Waals surface area contributed by atoms with Gasteiger partial charge in [0.25, 0.3) is 0 Å². The number of anilines is 1. The fourth-order valence-electron chi connectivity index (χ4n) is 1.73. The largest absolute Gasteiger partial charge is 0.396 e. The van der Waals surface area contributed by atoms with Gasteiger partial charge in [0.1, 0.15) is 11.9 Å². The van der Waals surface area contributed by atoms with E-state index in [1.165, 1.54) is 12.4 Å². The van der Waals surface area contributed by atoms with Gasteiger partial charge in [-0.1, -0.05) is 0 Å². The van der Waals surface area contributed by atoms with Gasteiger partial charge in [-0.2, -0.15) is 0 Å². The molecule has 0 aromatic carbocycles. The maximum Gasteiger partial charge on any atom is 0.311 e. The zero-order valence-electron chi connectivity index (χ0n) is 8.34. The summed E-state index contributed by atoms with van der Waals surface area (Å²) in [4.78, 5) is 16.0. The summed E-state index contributed by atoms with van der Waals surface area (Å²) in [6.07, 6.45) is 2.78. The third-order valence-electron chi connectivity index (χ3n) is 2.58. The molecule has 2 rings (SSSR count). The number of hydrogen-bond donors (Lipinski definition) is 1. The Labute approximate surface area is 100 Å². The Morgan fingerprint density at radius 1 is 1.62 bits per heavy atom. The van der Waals surface area contributed by atoms with Crippen molar-refractivity contribution in [1.82, 2.24) is 4.98 Å². The second-order valence-corrected chi connectivity index (χ2v) is 4.55. The van der Waals surface area contributed by atoms with Gasteiger partial charge < -0.3 is 10.0 Å². The molecule has 6 nitrogen and oxygen atoms in total. The van der Waals surface area contributed by atoms with Crippen LogP contribution in [0.25, 0.3) is 0 Å². The lowest BCUT2D eigenvalue weighted by atomic mass is 10.0. The van der Waals surface area contributed by atoms with Crippen LogP contribution in [0.2, 0.25) is 0 Å². The molecule has 0 spiro atoms. The predicted molar refractivity (Wildman–Crippen MR) is 61.4 cm³/mol. The average Bonchev–Trinajstić information content (AvgIpc) is 2.18. The highest BCUT2D eigenvalue weighted by Gasteiger charge is 2.32. The molecule has 1 fully saturated rings. The van der Waals surface area contributed by atoms with Crippen LogP contribution in [-0.4, -0.2) is 34.7 Å². The standard InChI is InChI=1S/C9H10BrN3O3/c10-7-1-11-2-8(13(15)16)9(7)12-3-6(4-12)5-14/h1-2,6,14H,3-5H2. The normalized spacial score (nSPS) is 16.0. The van der Waals surface area contributed by atoms with Crippen molar-refractivity contribution in [2.45, 2.75) is 0 Å². The quantitative estimate of drug-likeness (QED) is 0.667. The summed E-state index contributed by atoms with van der Waals surface area (Å²) in [5, 5.41) is 19.8. The monoisotopic (exact) mass is 287 g/mol. The highest BCUT2D eigenvalue weighted by atomic mass is 79.9. The molecule has 1 saturated heterocycles. The van der Waals surface area contributed by atoms with Crippen LogP contribution in [0.15, 0.2) is 16.9 Å². The van der Waals surface area contributed by atoms with Crippen molar-refractivity contribution in [2.24, 2.45) is 5.92 Å². The lowest BCUT2D eigenvalue weighted by Crippen LogP contribution is -2.48. The Bertz CT molecular complexity index is 420. The number of aliphatic hydroxyl groups excluding tert-OH is 1. The summed E-state index contributed by atoms with van der Waals surface area (Å²) in [7, 11) is 0. The fourth-order valence-corrected chi connectivity index (χ4v) is 2.30. The van der Waals surface area contributed by atoms with E-state index < -0.39 is 4.92 Å². The zero-order valence-corrected chi connectivity index (χ0v) is 9.92. The van der Waals surface area contributed by atoms with E-state index in [-0.39, 0.29) is 18.2 Å². The van der Waals surface area contributed by atoms with Crippen LogP contribution in [0.5, 0.6) is 0 Å². The minimum atomic E-state index is -0.445. The molecular weight excluding hydrogens is 278 g/mol. The van der Waals surface area contributed by atoms with Gasteiger partial charge in [0.2, 0.25) is 0 Å². The maximum atomic E-state index is 10.8. The van der Waals surface area contributed by atoms with E-state index in [4.69, 9.17) is 5.11 Å². The molecule has 0 bridgehead atoms. The summed E-state index contributed by atoms with van der Waals surface area (Å²) < 4.78 is 0.609. The van der Waals surface area contributed by atoms with Gasteiger partial charge in [-0.15, -0.1) is 0 Å². The van der Waals surface area contributed by atoms with Gasteiger partial charge in [-0.05, 0) is 15.9 Å². The van der Waals surface area contributed by atoms with Crippen molar-refractivity contribution in [3.63, 3.8) is 0 Å². The van der Waals surface area contributed by atoms with Crippen LogP contribution in [0.1, 0.15) is 0 Å². The second kappa shape index (κ2) is 4.34. The van der Waals surface area contributed by atoms with Crippen LogP contribution in [0, 0.1) is 16.0 Å². The molecule has 1 N–H and O–H groups in total. The van der Waals surface area contributed by atoms with Crippen LogP contribution in [-0.2, 0) is 0 Å². The van der Waals surface area contributed by atoms with Crippen molar-refractivity contribution in [2.75, 3.05) is 24.6 Å². The van der Waals surface area contributed by atoms with E-state index in [2.05, 4.69) is 20.9 Å². The third kappa shape index (κ3) is 1.88. The van der Waals surface area contributed by atoms with E-state index in [1.807, 2.05) is 4.90 Å². The maximum absolute atomic E-state index is 10.8. The topological polar surface area (TPSA) is 79.5 Å². The first kappa shape index (κ1) is 11.3. The number of hydrogen-bond acceptors (Lipinski definition) is 5. The number of aliphatic hydroxyl groups is 1. The minimum absolute atomic E-state index is 0.00855. The summed E-state index contributed by atoms with van der Waals surface area (Å²) >= 11 is 3.26. The fraction of sp³-hybridized carbons (Fsp3) is 0.444. The van der Waals surface area contributed by atoms with Gasteiger partial charge in [-0.3, -0.25) is 15.1 Å². The lowest BCUT2D eigenvalue weighted by Gasteiger charge is -2.39. The molecule has 16 heavy (non-hydrogen) atoms. The molecule has 1 aromatic heterocycles. The van der Waals surface area contributed by atoms with Crippen molar-refractivity contribution in [3.8, 4) is 0 Å². The highest BCUT2D eigenvalue weighted by Crippen LogP contribution is 2.38. The van der Waals surface area contributed by atoms with Gasteiger partial charge >= 0.3 is 5.69 Å². The Hall–Kier alpha value is -1.21. The van der Waals surface area contributed by atoms with E-state index in [0.29, 0.717) is 23.2 Å². The molecule has 7 heteroatoms. The lowest BCUT2D eigenvalue weighted by molar-refractivity contribution is -0.384. The first-order valence-corrected chi connectivity index (χ1v) is 5.56. The van der Waals surface area contributed by atoms with Crippen LogP contribution in [0.3, 0.4) is 0 Å². The minimum Gasteiger partial charge on any atom is -0.396 e. The molecular formula is C9H10BrN3O3. The number of aromatic nitrogens is 1. The van der Waals surface area contributed by atoms with Crippen LogP contribution >= 0.6 is 15.9 Å². The SMILES string of the molecule is O=[N+]([O-])c1cncc(Br)c1N1CC(CO)C1. The Morgan fingerprint density at radius 3 is 2.88 bits per heavy atom. The molecule has 0 aliphatic carbocycles. The molecule has 86 valence electrons. The predicted octanol–water partition coefficient (Wildman–Crippen LogP) is 1.18. The highest BCUT2D eigenvalue weighted by molar-refractivity contribution is 9.10. The van der Waals surface area contributed by atoms with Crippen molar-refractivity contribution >= 4 is 27.3 Å². The first-order valence-electron chi connectivity index (χ1n) is 4.77. The number of pyridine rings is 1. The van der Waals surface area contributed by atoms with Gasteiger partial charge in [-0.25, -0.2) is 0 Å². The van der Waals surface area contributed by atoms with E-state index in [0.717, 1.165) is 0 Å². The molecule has 0 atom stereocenters. The van der Waals surface area contributed by atoms with E-state index in [1.54, 1.807) is 0 Å². The summed E-state index contributed by atoms with van der Waals surface area (Å²) in [6, 6.07) is 0. The molecule has 0 saturated carbocycles. The number of nitro groups is 1. The molecule has 0 amide bonds. The average molecular weight is 288 g/mol. The number of rotatable bonds is 3. The van der Waals surface area contributed by atoms with Gasteiger partial charge in [0, 0.05) is 31.8 Å². The van der Waals surface area contributed by atoms with Crippen molar-refractivity contribution in [3.05, 3.63) is 27.0 Å². The van der Waals surface area contributed by atoms with E-state index >= 15 is 0 Å². The van der Waals surface area contributed by atoms with Gasteiger partial charge in [0.05, 0.1) is 9.40 Å². The van der Waals surface area contributed by atoms with E-state index in [9.17, 15) is 10.1 Å². The molecule has 1 aliphatic heterocycles. The van der Waals surface area contributed by atoms with Crippen molar-refractivity contribution in [1.29, 1.82) is 0 Å². The smallest absolute Gasteiger partial charge is 0.311 e. The summed E-state index contributed by atoms with van der Waals surface area (Å²) in [5.41, 5.74) is 0.537.